The van der Waals surface area contributed by atoms with E-state index >= 15 is 0 Å². The van der Waals surface area contributed by atoms with Gasteiger partial charge >= 0.3 is 0 Å². The molecule has 0 aromatic heterocycles. The lowest BCUT2D eigenvalue weighted by atomic mass is 9.45. The molecule has 29 heavy (non-hydrogen) atoms. The highest BCUT2D eigenvalue weighted by Crippen LogP contribution is 2.67. The predicted molar refractivity (Wildman–Crippen MR) is 121 cm³/mol. The van der Waals surface area contributed by atoms with Crippen molar-refractivity contribution in [2.24, 2.45) is 52.3 Å². The Morgan fingerprint density at radius 3 is 2.59 bits per heavy atom. The lowest BCUT2D eigenvalue weighted by Crippen LogP contribution is -2.61. The minimum absolute atomic E-state index is 0.120. The van der Waals surface area contributed by atoms with Crippen LogP contribution in [-0.4, -0.2) is 11.9 Å². The first-order valence-corrected chi connectivity index (χ1v) is 12.7. The van der Waals surface area contributed by atoms with Gasteiger partial charge in [0.25, 0.3) is 0 Å². The van der Waals surface area contributed by atoms with Crippen LogP contribution in [0.4, 0.5) is 0 Å². The molecular weight excluding hydrogens is 354 g/mol. The van der Waals surface area contributed by atoms with Crippen molar-refractivity contribution in [2.75, 3.05) is 0 Å². The molecule has 0 aromatic carbocycles. The number of carbonyl (C=O) groups excluding carboxylic acids is 1. The zero-order valence-electron chi connectivity index (χ0n) is 19.8. The second kappa shape index (κ2) is 7.72. The Hall–Kier alpha value is -0.790. The maximum atomic E-state index is 12.0. The number of hydrogen-bond acceptors (Lipinski definition) is 1. The topological polar surface area (TPSA) is 29.1 Å². The predicted octanol–water partition coefficient (Wildman–Crippen LogP) is 6.61. The maximum absolute atomic E-state index is 12.0. The number of nitrogens with one attached hydrogen (secondary N) is 1. The number of carbonyl (C=O) groups is 1. The van der Waals surface area contributed by atoms with Crippen LogP contribution in [0.5, 0.6) is 0 Å². The summed E-state index contributed by atoms with van der Waals surface area (Å²) in [7, 11) is 0. The van der Waals surface area contributed by atoms with Gasteiger partial charge in [-0.25, -0.2) is 0 Å². The van der Waals surface area contributed by atoms with Crippen LogP contribution in [0.15, 0.2) is 12.2 Å². The Kier molecular flexibility index (Phi) is 5.71. The SMILES string of the molecule is CC(C)CCCC(C)C1CCC2C3C(C)CC4NC(=O)C=CC4(C)C3CCC12C. The van der Waals surface area contributed by atoms with Gasteiger partial charge in [-0.3, -0.25) is 4.79 Å². The van der Waals surface area contributed by atoms with E-state index in [1.807, 2.05) is 6.08 Å². The van der Waals surface area contributed by atoms with Gasteiger partial charge in [-0.2, -0.15) is 0 Å². The first kappa shape index (κ1) is 21.4. The van der Waals surface area contributed by atoms with Gasteiger partial charge in [-0.15, -0.1) is 0 Å². The van der Waals surface area contributed by atoms with E-state index in [0.29, 0.717) is 11.5 Å². The summed E-state index contributed by atoms with van der Waals surface area (Å²) >= 11 is 0. The summed E-state index contributed by atoms with van der Waals surface area (Å²) < 4.78 is 0. The minimum atomic E-state index is 0.120. The average molecular weight is 400 g/mol. The third-order valence-electron chi connectivity index (χ3n) is 10.3. The summed E-state index contributed by atoms with van der Waals surface area (Å²) in [6.07, 6.45) is 15.1. The number of rotatable bonds is 5. The standard InChI is InChI=1S/C27H45NO/c1-17(2)8-7-9-18(3)20-10-11-21-25-19(4)16-23-27(6,15-13-24(29)28-23)22(25)12-14-26(20,21)5/h13,15,17-23,25H,7-12,14,16H2,1-6H3,(H,28,29). The highest BCUT2D eigenvalue weighted by atomic mass is 16.1. The van der Waals surface area contributed by atoms with Gasteiger partial charge in [0, 0.05) is 11.5 Å². The van der Waals surface area contributed by atoms with Crippen molar-refractivity contribution >= 4 is 5.91 Å². The Labute approximate surface area is 179 Å². The molecule has 4 rings (SSSR count). The monoisotopic (exact) mass is 399 g/mol. The van der Waals surface area contributed by atoms with Gasteiger partial charge in [0.15, 0.2) is 0 Å². The quantitative estimate of drug-likeness (QED) is 0.554. The zero-order valence-corrected chi connectivity index (χ0v) is 19.8. The molecule has 3 aliphatic carbocycles. The van der Waals surface area contributed by atoms with Gasteiger partial charge in [0.1, 0.15) is 0 Å². The van der Waals surface area contributed by atoms with Gasteiger partial charge in [-0.05, 0) is 85.0 Å². The van der Waals surface area contributed by atoms with Crippen molar-refractivity contribution < 1.29 is 4.79 Å². The van der Waals surface area contributed by atoms with E-state index in [0.717, 1.165) is 47.8 Å². The molecule has 3 fully saturated rings. The van der Waals surface area contributed by atoms with Crippen molar-refractivity contribution in [3.05, 3.63) is 12.2 Å². The second-order valence-electron chi connectivity index (χ2n) is 12.3. The summed E-state index contributed by atoms with van der Waals surface area (Å²) in [5.74, 6) is 5.93. The lowest BCUT2D eigenvalue weighted by molar-refractivity contribution is -0.126. The Balaban J connectivity index is 1.53. The fourth-order valence-electron chi connectivity index (χ4n) is 8.71. The molecule has 1 N–H and O–H groups in total. The number of hydrogen-bond donors (Lipinski definition) is 1. The highest BCUT2D eigenvalue weighted by molar-refractivity contribution is 5.89. The first-order chi connectivity index (χ1) is 13.7. The summed E-state index contributed by atoms with van der Waals surface area (Å²) in [6.45, 7) is 14.9. The van der Waals surface area contributed by atoms with Crippen molar-refractivity contribution in [1.82, 2.24) is 5.32 Å². The van der Waals surface area contributed by atoms with Crippen LogP contribution >= 0.6 is 0 Å². The third kappa shape index (κ3) is 3.51. The molecule has 1 aliphatic heterocycles. The normalized spacial score (nSPS) is 47.3. The van der Waals surface area contributed by atoms with E-state index in [4.69, 9.17) is 0 Å². The van der Waals surface area contributed by atoms with E-state index < -0.39 is 0 Å². The third-order valence-corrected chi connectivity index (χ3v) is 10.3. The molecule has 0 saturated heterocycles. The van der Waals surface area contributed by atoms with E-state index in [-0.39, 0.29) is 11.3 Å². The maximum Gasteiger partial charge on any atom is 0.243 e. The zero-order chi connectivity index (χ0) is 21.0. The van der Waals surface area contributed by atoms with Crippen molar-refractivity contribution in [1.29, 1.82) is 0 Å². The van der Waals surface area contributed by atoms with Crippen LogP contribution in [0, 0.1) is 52.3 Å². The molecule has 9 unspecified atom stereocenters. The molecule has 1 heterocycles. The van der Waals surface area contributed by atoms with E-state index in [2.05, 4.69) is 52.9 Å². The molecule has 164 valence electrons. The summed E-state index contributed by atoms with van der Waals surface area (Å²) in [4.78, 5) is 12.0. The number of amides is 1. The molecule has 0 spiro atoms. The number of fused-ring (bicyclic) bond motifs is 5. The summed E-state index contributed by atoms with van der Waals surface area (Å²) in [6, 6.07) is 0.341. The second-order valence-corrected chi connectivity index (χ2v) is 12.3. The van der Waals surface area contributed by atoms with Gasteiger partial charge in [0.2, 0.25) is 5.91 Å². The fourth-order valence-corrected chi connectivity index (χ4v) is 8.71. The molecule has 0 aromatic rings. The molecule has 9 atom stereocenters. The van der Waals surface area contributed by atoms with Crippen LogP contribution in [-0.2, 0) is 4.79 Å². The average Bonchev–Trinajstić information content (AvgIpc) is 3.00. The minimum Gasteiger partial charge on any atom is -0.349 e. The molecule has 2 nitrogen and oxygen atoms in total. The van der Waals surface area contributed by atoms with Crippen molar-refractivity contribution in [3.8, 4) is 0 Å². The molecule has 3 saturated carbocycles. The van der Waals surface area contributed by atoms with Gasteiger partial charge < -0.3 is 5.32 Å². The molecule has 1 amide bonds. The van der Waals surface area contributed by atoms with Crippen molar-refractivity contribution in [3.63, 3.8) is 0 Å². The van der Waals surface area contributed by atoms with Crippen LogP contribution < -0.4 is 5.32 Å². The largest absolute Gasteiger partial charge is 0.349 e. The Bertz CT molecular complexity index is 653. The summed E-state index contributed by atoms with van der Waals surface area (Å²) in [5, 5.41) is 3.32. The molecule has 2 heteroatoms. The van der Waals surface area contributed by atoms with Crippen LogP contribution in [0.2, 0.25) is 0 Å². The smallest absolute Gasteiger partial charge is 0.243 e. The van der Waals surface area contributed by atoms with Gasteiger partial charge in [-0.1, -0.05) is 66.9 Å². The molecular formula is C27H45NO. The first-order valence-electron chi connectivity index (χ1n) is 12.7. The fraction of sp³-hybridized carbons (Fsp3) is 0.889. The van der Waals surface area contributed by atoms with E-state index in [1.165, 1.54) is 44.9 Å². The van der Waals surface area contributed by atoms with Crippen molar-refractivity contribution in [2.45, 2.75) is 99.0 Å². The lowest BCUT2D eigenvalue weighted by Gasteiger charge is -2.61. The van der Waals surface area contributed by atoms with Crippen LogP contribution in [0.25, 0.3) is 0 Å². The molecule has 4 aliphatic rings. The summed E-state index contributed by atoms with van der Waals surface area (Å²) in [5.41, 5.74) is 0.699. The Morgan fingerprint density at radius 1 is 1.10 bits per heavy atom. The Morgan fingerprint density at radius 2 is 1.86 bits per heavy atom. The van der Waals surface area contributed by atoms with Crippen LogP contribution in [0.1, 0.15) is 92.9 Å². The van der Waals surface area contributed by atoms with Gasteiger partial charge in [0.05, 0.1) is 0 Å². The van der Waals surface area contributed by atoms with E-state index in [9.17, 15) is 4.79 Å². The highest BCUT2D eigenvalue weighted by Gasteiger charge is 2.61. The van der Waals surface area contributed by atoms with E-state index in [1.54, 1.807) is 0 Å². The molecule has 0 bridgehead atoms. The molecule has 0 radical (unpaired) electrons. The van der Waals surface area contributed by atoms with Crippen LogP contribution in [0.3, 0.4) is 0 Å².